The molecule has 5 aromatic rings. The smallest absolute Gasteiger partial charge is 0.416 e. The quantitative estimate of drug-likeness (QED) is 0.288. The van der Waals surface area contributed by atoms with Crippen molar-refractivity contribution in [3.05, 3.63) is 109 Å². The molecule has 35 heavy (non-hydrogen) atoms. The molecule has 5 rings (SSSR count). The predicted molar refractivity (Wildman–Crippen MR) is 128 cm³/mol. The Labute approximate surface area is 199 Å². The molecule has 0 bridgehead atoms. The van der Waals surface area contributed by atoms with E-state index in [1.807, 2.05) is 30.3 Å². The molecule has 0 unspecified atom stereocenters. The molecule has 1 heterocycles. The van der Waals surface area contributed by atoms with E-state index in [1.165, 1.54) is 12.1 Å². The molecule has 4 aromatic carbocycles. The molecule has 1 aromatic heterocycles. The van der Waals surface area contributed by atoms with Crippen LogP contribution in [0.3, 0.4) is 0 Å². The largest absolute Gasteiger partial charge is 0.508 e. The van der Waals surface area contributed by atoms with Gasteiger partial charge in [0.25, 0.3) is 0 Å². The number of hydrogen-bond acceptors (Lipinski definition) is 3. The molecule has 7 heteroatoms. The summed E-state index contributed by atoms with van der Waals surface area (Å²) in [5.41, 5.74) is 4.02. The monoisotopic (exact) mass is 472 g/mol. The number of aromatic hydroxyl groups is 2. The Bertz CT molecular complexity index is 1460. The van der Waals surface area contributed by atoms with Crippen molar-refractivity contribution >= 4 is 0 Å². The number of phenols is 2. The van der Waals surface area contributed by atoms with E-state index < -0.39 is 11.7 Å². The van der Waals surface area contributed by atoms with Gasteiger partial charge in [-0.3, -0.25) is 0 Å². The highest BCUT2D eigenvalue weighted by Gasteiger charge is 2.30. The van der Waals surface area contributed by atoms with E-state index in [-0.39, 0.29) is 11.5 Å². The van der Waals surface area contributed by atoms with Crippen LogP contribution in [0, 0.1) is 0 Å². The fraction of sp³-hybridized carbons (Fsp3) is 0.0357. The third kappa shape index (κ3) is 4.36. The van der Waals surface area contributed by atoms with Crippen LogP contribution >= 0.6 is 0 Å². The maximum Gasteiger partial charge on any atom is 0.416 e. The Morgan fingerprint density at radius 3 is 1.69 bits per heavy atom. The summed E-state index contributed by atoms with van der Waals surface area (Å²) in [6.45, 7) is 0. The zero-order valence-corrected chi connectivity index (χ0v) is 18.2. The van der Waals surface area contributed by atoms with Crippen molar-refractivity contribution in [2.24, 2.45) is 0 Å². The van der Waals surface area contributed by atoms with Gasteiger partial charge in [0.2, 0.25) is 0 Å². The summed E-state index contributed by atoms with van der Waals surface area (Å²) in [4.78, 5) is 0. The van der Waals surface area contributed by atoms with Crippen LogP contribution in [0.25, 0.3) is 39.3 Å². The van der Waals surface area contributed by atoms with Crippen LogP contribution in [0.4, 0.5) is 13.2 Å². The van der Waals surface area contributed by atoms with E-state index in [0.29, 0.717) is 17.1 Å². The summed E-state index contributed by atoms with van der Waals surface area (Å²) in [5, 5.41) is 24.5. The van der Waals surface area contributed by atoms with Crippen molar-refractivity contribution in [3.8, 4) is 50.8 Å². The Balaban J connectivity index is 1.82. The molecule has 0 fully saturated rings. The summed E-state index contributed by atoms with van der Waals surface area (Å²) in [6.07, 6.45) is -4.45. The molecule has 0 spiro atoms. The lowest BCUT2D eigenvalue weighted by Gasteiger charge is -2.12. The molecule has 0 saturated carbocycles. The maximum atomic E-state index is 13.2. The molecular formula is C28H19F3N2O2. The number of aromatic nitrogens is 2. The molecular weight excluding hydrogens is 453 g/mol. The van der Waals surface area contributed by atoms with E-state index in [2.05, 4.69) is 0 Å². The number of rotatable bonds is 4. The van der Waals surface area contributed by atoms with Gasteiger partial charge >= 0.3 is 6.18 Å². The van der Waals surface area contributed by atoms with Gasteiger partial charge in [0.05, 0.1) is 16.9 Å². The van der Waals surface area contributed by atoms with E-state index in [0.717, 1.165) is 34.4 Å². The molecule has 0 aliphatic carbocycles. The number of nitrogens with zero attached hydrogens (tertiary/aromatic N) is 2. The van der Waals surface area contributed by atoms with E-state index >= 15 is 0 Å². The topological polar surface area (TPSA) is 58.3 Å². The van der Waals surface area contributed by atoms with Crippen molar-refractivity contribution in [1.82, 2.24) is 9.78 Å². The molecule has 0 aliphatic rings. The summed E-state index contributed by atoms with van der Waals surface area (Å²) >= 11 is 0. The minimum atomic E-state index is -4.45. The average molecular weight is 472 g/mol. The first-order valence-corrected chi connectivity index (χ1v) is 10.8. The summed E-state index contributed by atoms with van der Waals surface area (Å²) in [5.74, 6) is 0.199. The lowest BCUT2D eigenvalue weighted by molar-refractivity contribution is -0.137. The van der Waals surface area contributed by atoms with Crippen LogP contribution in [0.2, 0.25) is 0 Å². The average Bonchev–Trinajstić information content (AvgIpc) is 3.26. The van der Waals surface area contributed by atoms with Gasteiger partial charge in [-0.1, -0.05) is 30.3 Å². The fourth-order valence-electron chi connectivity index (χ4n) is 3.98. The first kappa shape index (κ1) is 22.3. The number of hydrogen-bond donors (Lipinski definition) is 2. The molecule has 2 N–H and O–H groups in total. The van der Waals surface area contributed by atoms with Gasteiger partial charge in [0.15, 0.2) is 0 Å². The second-order valence-corrected chi connectivity index (χ2v) is 7.99. The van der Waals surface area contributed by atoms with Crippen LogP contribution < -0.4 is 0 Å². The van der Waals surface area contributed by atoms with Crippen LogP contribution in [-0.2, 0) is 6.18 Å². The number of phenolic OH excluding ortho intramolecular Hbond substituents is 2. The summed E-state index contributed by atoms with van der Waals surface area (Å²) < 4.78 is 41.2. The van der Waals surface area contributed by atoms with Crippen LogP contribution in [0.1, 0.15) is 5.56 Å². The zero-order chi connectivity index (χ0) is 24.6. The second-order valence-electron chi connectivity index (χ2n) is 7.99. The summed E-state index contributed by atoms with van der Waals surface area (Å²) in [7, 11) is 0. The normalized spacial score (nSPS) is 11.5. The lowest BCUT2D eigenvalue weighted by Crippen LogP contribution is -2.06. The Morgan fingerprint density at radius 2 is 1.14 bits per heavy atom. The highest BCUT2D eigenvalue weighted by Crippen LogP contribution is 2.42. The van der Waals surface area contributed by atoms with Gasteiger partial charge < -0.3 is 10.2 Å². The zero-order valence-electron chi connectivity index (χ0n) is 18.2. The number of halogens is 3. The minimum Gasteiger partial charge on any atom is -0.508 e. The highest BCUT2D eigenvalue weighted by atomic mass is 19.4. The fourth-order valence-corrected chi connectivity index (χ4v) is 3.98. The van der Waals surface area contributed by atoms with E-state index in [9.17, 15) is 23.4 Å². The van der Waals surface area contributed by atoms with Gasteiger partial charge in [-0.25, -0.2) is 4.68 Å². The molecule has 4 nitrogen and oxygen atoms in total. The molecule has 0 aliphatic heterocycles. The van der Waals surface area contributed by atoms with Crippen LogP contribution in [0.5, 0.6) is 11.5 Å². The standard InChI is InChI=1S/C28H19F3N2O2/c29-28(30,31)21-10-12-22(13-11-21)33-27(20-8-16-24(35)17-9-20)25(18-4-2-1-3-5-18)26(32-33)19-6-14-23(34)15-7-19/h1-17,34-35H. The summed E-state index contributed by atoms with van der Waals surface area (Å²) in [6, 6.07) is 27.5. The maximum absolute atomic E-state index is 13.2. The first-order chi connectivity index (χ1) is 16.8. The third-order valence-corrected chi connectivity index (χ3v) is 5.67. The molecule has 174 valence electrons. The highest BCUT2D eigenvalue weighted by molar-refractivity contribution is 5.92. The first-order valence-electron chi connectivity index (χ1n) is 10.8. The third-order valence-electron chi connectivity index (χ3n) is 5.67. The van der Waals surface area contributed by atoms with Crippen molar-refractivity contribution in [2.75, 3.05) is 0 Å². The van der Waals surface area contributed by atoms with Crippen molar-refractivity contribution in [1.29, 1.82) is 0 Å². The van der Waals surface area contributed by atoms with E-state index in [4.69, 9.17) is 5.10 Å². The lowest BCUT2D eigenvalue weighted by atomic mass is 9.95. The SMILES string of the molecule is Oc1ccc(-c2nn(-c3ccc(C(F)(F)F)cc3)c(-c3ccc(O)cc3)c2-c2ccccc2)cc1. The van der Waals surface area contributed by atoms with Gasteiger partial charge in [0.1, 0.15) is 17.2 Å². The van der Waals surface area contributed by atoms with Gasteiger partial charge in [-0.15, -0.1) is 0 Å². The van der Waals surface area contributed by atoms with Gasteiger partial charge in [-0.2, -0.15) is 18.3 Å². The van der Waals surface area contributed by atoms with Crippen molar-refractivity contribution in [2.45, 2.75) is 6.18 Å². The van der Waals surface area contributed by atoms with Crippen LogP contribution in [0.15, 0.2) is 103 Å². The van der Waals surface area contributed by atoms with Crippen LogP contribution in [-0.4, -0.2) is 20.0 Å². The Morgan fingerprint density at radius 1 is 0.600 bits per heavy atom. The minimum absolute atomic E-state index is 0.0920. The van der Waals surface area contributed by atoms with Gasteiger partial charge in [0, 0.05) is 16.7 Å². The van der Waals surface area contributed by atoms with E-state index in [1.54, 1.807) is 53.2 Å². The molecule has 0 saturated heterocycles. The number of alkyl halides is 3. The Hall–Kier alpha value is -4.52. The molecule has 0 radical (unpaired) electrons. The predicted octanol–water partition coefficient (Wildman–Crippen LogP) is 7.30. The Kier molecular flexibility index (Phi) is 5.53. The van der Waals surface area contributed by atoms with Crippen molar-refractivity contribution < 1.29 is 23.4 Å². The molecule has 0 amide bonds. The number of benzene rings is 4. The van der Waals surface area contributed by atoms with Crippen molar-refractivity contribution in [3.63, 3.8) is 0 Å². The molecule has 0 atom stereocenters. The second kappa shape index (κ2) is 8.68. The van der Waals surface area contributed by atoms with Gasteiger partial charge in [-0.05, 0) is 78.4 Å².